The predicted octanol–water partition coefficient (Wildman–Crippen LogP) is 6.28. The van der Waals surface area contributed by atoms with Gasteiger partial charge in [-0.2, -0.15) is 0 Å². The van der Waals surface area contributed by atoms with E-state index in [1.165, 1.54) is 4.90 Å². The number of nitrogens with one attached hydrogen (secondary N) is 1. The molecule has 2 heterocycles. The summed E-state index contributed by atoms with van der Waals surface area (Å²) in [4.78, 5) is 25.9. The first-order chi connectivity index (χ1) is 16.3. The van der Waals surface area contributed by atoms with Crippen LogP contribution in [0.2, 0.25) is 10.0 Å². The number of urea groups is 1. The lowest BCUT2D eigenvalue weighted by Gasteiger charge is -2.12. The first kappa shape index (κ1) is 23.9. The summed E-state index contributed by atoms with van der Waals surface area (Å²) in [7, 11) is 0. The highest BCUT2D eigenvalue weighted by Crippen LogP contribution is 2.26. The second kappa shape index (κ2) is 9.95. The van der Waals surface area contributed by atoms with Gasteiger partial charge in [-0.15, -0.1) is 0 Å². The minimum Gasteiger partial charge on any atom is -0.489 e. The van der Waals surface area contributed by atoms with Crippen LogP contribution in [0.15, 0.2) is 54.2 Å². The molecule has 34 heavy (non-hydrogen) atoms. The van der Waals surface area contributed by atoms with Crippen LogP contribution in [-0.4, -0.2) is 28.0 Å². The van der Waals surface area contributed by atoms with Crippen LogP contribution < -0.4 is 10.1 Å². The second-order valence-corrected chi connectivity index (χ2v) is 8.97. The Morgan fingerprint density at radius 2 is 1.76 bits per heavy atom. The van der Waals surface area contributed by atoms with Crippen LogP contribution in [0.3, 0.4) is 0 Å². The molecule has 0 bridgehead atoms. The van der Waals surface area contributed by atoms with Crippen molar-refractivity contribution in [1.82, 2.24) is 14.8 Å². The molecule has 3 aromatic rings. The van der Waals surface area contributed by atoms with Crippen molar-refractivity contribution in [2.24, 2.45) is 0 Å². The molecule has 6 nitrogen and oxygen atoms in total. The molecule has 1 N–H and O–H groups in total. The Hall–Kier alpha value is -3.22. The number of ether oxygens (including phenoxy) is 1. The van der Waals surface area contributed by atoms with Crippen molar-refractivity contribution in [2.75, 3.05) is 6.54 Å². The Bertz CT molecular complexity index is 1280. The van der Waals surface area contributed by atoms with E-state index in [2.05, 4.69) is 9.88 Å². The smallest absolute Gasteiger partial charge is 0.329 e. The summed E-state index contributed by atoms with van der Waals surface area (Å²) in [5.41, 5.74) is 4.96. The number of aryl methyl sites for hydroxylation is 1. The van der Waals surface area contributed by atoms with Crippen LogP contribution >= 0.6 is 23.2 Å². The number of carbonyl (C=O) groups is 2. The Kier molecular flexibility index (Phi) is 7.00. The van der Waals surface area contributed by atoms with Gasteiger partial charge in [-0.3, -0.25) is 9.69 Å². The average molecular weight is 498 g/mol. The molecule has 0 aliphatic carbocycles. The number of halogens is 2. The maximum atomic E-state index is 12.6. The average Bonchev–Trinajstić information content (AvgIpc) is 3.23. The van der Waals surface area contributed by atoms with E-state index in [4.69, 9.17) is 27.9 Å². The quantitative estimate of drug-likeness (QED) is 0.308. The lowest BCUT2D eigenvalue weighted by atomic mass is 10.2. The summed E-state index contributed by atoms with van der Waals surface area (Å²) in [6.45, 7) is 6.65. The monoisotopic (exact) mass is 497 g/mol. The molecule has 8 heteroatoms. The van der Waals surface area contributed by atoms with E-state index in [9.17, 15) is 9.59 Å². The number of hydrogen-bond donors (Lipinski definition) is 1. The molecule has 1 aliphatic rings. The molecule has 1 aliphatic heterocycles. The van der Waals surface area contributed by atoms with Crippen molar-refractivity contribution >= 4 is 41.2 Å². The number of aromatic nitrogens is 1. The number of imide groups is 1. The number of rotatable bonds is 7. The predicted molar refractivity (Wildman–Crippen MR) is 135 cm³/mol. The van der Waals surface area contributed by atoms with Gasteiger partial charge in [0.05, 0.1) is 0 Å². The number of nitrogens with zero attached hydrogens (tertiary/aromatic N) is 2. The first-order valence-electron chi connectivity index (χ1n) is 11.0. The summed E-state index contributed by atoms with van der Waals surface area (Å²) >= 11 is 12.2. The highest BCUT2D eigenvalue weighted by molar-refractivity contribution is 6.35. The summed E-state index contributed by atoms with van der Waals surface area (Å²) in [6.07, 6.45) is 2.45. The SMILES string of the molecule is CCCN1C(=O)N/C(=C/c2cc(C)n(-c3ccc(OCc4ccc(Cl)cc4Cl)cc3)c2C)C1=O. The maximum absolute atomic E-state index is 12.6. The molecule has 0 spiro atoms. The van der Waals surface area contributed by atoms with Gasteiger partial charge in [-0.1, -0.05) is 36.2 Å². The molecule has 0 unspecified atom stereocenters. The third kappa shape index (κ3) is 4.83. The minimum atomic E-state index is -0.373. The van der Waals surface area contributed by atoms with Gasteiger partial charge in [0, 0.05) is 39.2 Å². The molecule has 0 atom stereocenters. The molecular formula is C26H25Cl2N3O3. The number of amides is 3. The lowest BCUT2D eigenvalue weighted by Crippen LogP contribution is -2.31. The van der Waals surface area contributed by atoms with Gasteiger partial charge in [0.1, 0.15) is 18.1 Å². The van der Waals surface area contributed by atoms with Gasteiger partial charge < -0.3 is 14.6 Å². The summed E-state index contributed by atoms with van der Waals surface area (Å²) in [6, 6.07) is 14.7. The van der Waals surface area contributed by atoms with Crippen molar-refractivity contribution in [3.63, 3.8) is 0 Å². The number of hydrogen-bond acceptors (Lipinski definition) is 3. The molecule has 0 saturated carbocycles. The van der Waals surface area contributed by atoms with Gasteiger partial charge >= 0.3 is 6.03 Å². The van der Waals surface area contributed by atoms with E-state index in [-0.39, 0.29) is 11.9 Å². The van der Waals surface area contributed by atoms with Gasteiger partial charge in [0.25, 0.3) is 5.91 Å². The molecule has 1 saturated heterocycles. The Morgan fingerprint density at radius 3 is 2.44 bits per heavy atom. The Labute approximate surface area is 208 Å². The largest absolute Gasteiger partial charge is 0.489 e. The van der Waals surface area contributed by atoms with E-state index in [0.717, 1.165) is 34.0 Å². The van der Waals surface area contributed by atoms with Crippen LogP contribution in [0, 0.1) is 13.8 Å². The third-order valence-electron chi connectivity index (χ3n) is 5.68. The molecule has 4 rings (SSSR count). The van der Waals surface area contributed by atoms with Gasteiger partial charge in [0.15, 0.2) is 0 Å². The van der Waals surface area contributed by atoms with Crippen LogP contribution in [0.25, 0.3) is 11.8 Å². The van der Waals surface area contributed by atoms with E-state index < -0.39 is 0 Å². The normalized spacial score (nSPS) is 14.7. The van der Waals surface area contributed by atoms with Gasteiger partial charge in [-0.25, -0.2) is 4.79 Å². The zero-order chi connectivity index (χ0) is 24.4. The van der Waals surface area contributed by atoms with Crippen molar-refractivity contribution in [3.8, 4) is 11.4 Å². The molecule has 0 radical (unpaired) electrons. The van der Waals surface area contributed by atoms with Crippen LogP contribution in [-0.2, 0) is 11.4 Å². The van der Waals surface area contributed by atoms with Crippen LogP contribution in [0.4, 0.5) is 4.79 Å². The number of benzene rings is 2. The topological polar surface area (TPSA) is 63.6 Å². The fraction of sp³-hybridized carbons (Fsp3) is 0.231. The zero-order valence-electron chi connectivity index (χ0n) is 19.2. The van der Waals surface area contributed by atoms with Crippen molar-refractivity contribution in [3.05, 3.63) is 86.8 Å². The van der Waals surface area contributed by atoms with E-state index in [1.807, 2.05) is 57.2 Å². The number of carbonyl (C=O) groups excluding carboxylic acids is 2. The highest BCUT2D eigenvalue weighted by atomic mass is 35.5. The fourth-order valence-corrected chi connectivity index (χ4v) is 4.44. The van der Waals surface area contributed by atoms with Crippen LogP contribution in [0.5, 0.6) is 5.75 Å². The van der Waals surface area contributed by atoms with E-state index >= 15 is 0 Å². The zero-order valence-corrected chi connectivity index (χ0v) is 20.7. The molecular weight excluding hydrogens is 473 g/mol. The molecule has 176 valence electrons. The lowest BCUT2D eigenvalue weighted by molar-refractivity contribution is -0.122. The fourth-order valence-electron chi connectivity index (χ4n) is 3.98. The molecule has 3 amide bonds. The standard InChI is InChI=1S/C26H25Cl2N3O3/c1-4-11-30-25(32)24(29-26(30)33)13-19-12-16(2)31(17(19)3)21-7-9-22(10-8-21)34-15-18-5-6-20(27)14-23(18)28/h5-10,12-14H,4,11,15H2,1-3H3,(H,29,33)/b24-13+. The van der Waals surface area contributed by atoms with Gasteiger partial charge in [-0.05, 0) is 74.4 Å². The van der Waals surface area contributed by atoms with E-state index in [1.54, 1.807) is 18.2 Å². The minimum absolute atomic E-state index is 0.293. The molecule has 1 fully saturated rings. The second-order valence-electron chi connectivity index (χ2n) is 8.13. The summed E-state index contributed by atoms with van der Waals surface area (Å²) < 4.78 is 7.98. The first-order valence-corrected chi connectivity index (χ1v) is 11.7. The van der Waals surface area contributed by atoms with Crippen LogP contribution in [0.1, 0.15) is 35.9 Å². The maximum Gasteiger partial charge on any atom is 0.329 e. The van der Waals surface area contributed by atoms with Crippen molar-refractivity contribution < 1.29 is 14.3 Å². The van der Waals surface area contributed by atoms with E-state index in [0.29, 0.717) is 35.3 Å². The van der Waals surface area contributed by atoms with Gasteiger partial charge in [0.2, 0.25) is 0 Å². The van der Waals surface area contributed by atoms with Crippen molar-refractivity contribution in [1.29, 1.82) is 0 Å². The van der Waals surface area contributed by atoms with Crippen molar-refractivity contribution in [2.45, 2.75) is 33.8 Å². The Morgan fingerprint density at radius 1 is 1.03 bits per heavy atom. The third-order valence-corrected chi connectivity index (χ3v) is 6.27. The highest BCUT2D eigenvalue weighted by Gasteiger charge is 2.32. The molecule has 2 aromatic carbocycles. The summed E-state index contributed by atoms with van der Waals surface area (Å²) in [5, 5.41) is 3.84. The Balaban J connectivity index is 1.52. The molecule has 1 aromatic heterocycles. The summed E-state index contributed by atoms with van der Waals surface area (Å²) in [5.74, 6) is 0.425.